The molecular weight excluding hydrogens is 461 g/mol. The van der Waals surface area contributed by atoms with E-state index in [1.54, 1.807) is 18.2 Å². The van der Waals surface area contributed by atoms with E-state index in [9.17, 15) is 4.79 Å². The summed E-state index contributed by atoms with van der Waals surface area (Å²) in [5.41, 5.74) is 1.16. The number of carbonyl (C=O) groups is 1. The molecule has 2 aromatic carbocycles. The van der Waals surface area contributed by atoms with Crippen LogP contribution in [0.2, 0.25) is 5.02 Å². The van der Waals surface area contributed by atoms with E-state index in [0.717, 1.165) is 8.95 Å². The van der Waals surface area contributed by atoms with Gasteiger partial charge in [-0.25, -0.2) is 0 Å². The number of rotatable bonds is 2. The zero-order valence-electron chi connectivity index (χ0n) is 9.38. The third kappa shape index (κ3) is 3.60. The van der Waals surface area contributed by atoms with Crippen molar-refractivity contribution in [3.8, 4) is 0 Å². The fraction of sp³-hybridized carbons (Fsp3) is 0. The molecule has 0 heterocycles. The third-order valence-electron chi connectivity index (χ3n) is 2.37. The lowest BCUT2D eigenvalue weighted by atomic mass is 10.2. The van der Waals surface area contributed by atoms with Crippen LogP contribution in [0.25, 0.3) is 0 Å². The first-order chi connectivity index (χ1) is 8.99. The first kappa shape index (κ1) is 15.0. The second-order valence-electron chi connectivity index (χ2n) is 3.67. The number of nitrogens with one attached hydrogen (secondary N) is 1. The van der Waals surface area contributed by atoms with E-state index < -0.39 is 0 Å². The molecule has 0 aromatic heterocycles. The number of amides is 1. The number of carbonyl (C=O) groups excluding carboxylic acids is 1. The van der Waals surface area contributed by atoms with Crippen molar-refractivity contribution < 1.29 is 4.79 Å². The summed E-state index contributed by atoms with van der Waals surface area (Å²) < 4.78 is 2.29. The van der Waals surface area contributed by atoms with Crippen molar-refractivity contribution in [2.45, 2.75) is 0 Å². The van der Waals surface area contributed by atoms with Crippen molar-refractivity contribution in [2.24, 2.45) is 0 Å². The van der Waals surface area contributed by atoms with Gasteiger partial charge in [-0.3, -0.25) is 4.79 Å². The van der Waals surface area contributed by atoms with Gasteiger partial charge in [0.2, 0.25) is 0 Å². The van der Waals surface area contributed by atoms with Crippen molar-refractivity contribution in [1.82, 2.24) is 0 Å². The molecule has 1 amide bonds. The standard InChI is InChI=1S/C13H7Br3ClNO/c14-9-5-4-7(17)6-8(9)13(19)18-12-10(15)2-1-3-11(12)16/h1-6H,(H,18,19). The van der Waals surface area contributed by atoms with Crippen molar-refractivity contribution in [3.63, 3.8) is 0 Å². The number of hydrogen-bond acceptors (Lipinski definition) is 1. The summed E-state index contributed by atoms with van der Waals surface area (Å²) in [5.74, 6) is -0.234. The summed E-state index contributed by atoms with van der Waals surface area (Å²) in [7, 11) is 0. The lowest BCUT2D eigenvalue weighted by Crippen LogP contribution is -2.13. The van der Waals surface area contributed by atoms with E-state index >= 15 is 0 Å². The van der Waals surface area contributed by atoms with Gasteiger partial charge < -0.3 is 5.32 Å². The second-order valence-corrected chi connectivity index (χ2v) is 6.67. The average Bonchev–Trinajstić information content (AvgIpc) is 2.37. The van der Waals surface area contributed by atoms with Crippen molar-refractivity contribution in [2.75, 3.05) is 5.32 Å². The Morgan fingerprint density at radius 1 is 1.00 bits per heavy atom. The summed E-state index contributed by atoms with van der Waals surface area (Å²) in [5, 5.41) is 3.35. The maximum absolute atomic E-state index is 12.3. The molecule has 2 nitrogen and oxygen atoms in total. The Bertz CT molecular complexity index is 626. The van der Waals surface area contributed by atoms with Gasteiger partial charge in [0.1, 0.15) is 0 Å². The zero-order chi connectivity index (χ0) is 14.0. The van der Waals surface area contributed by atoms with Gasteiger partial charge in [0, 0.05) is 18.4 Å². The molecule has 0 aliphatic rings. The van der Waals surface area contributed by atoms with Crippen LogP contribution in [0.1, 0.15) is 10.4 Å². The minimum atomic E-state index is -0.234. The topological polar surface area (TPSA) is 29.1 Å². The SMILES string of the molecule is O=C(Nc1c(Br)cccc1Br)c1cc(Cl)ccc1Br. The maximum Gasteiger partial charge on any atom is 0.256 e. The Labute approximate surface area is 140 Å². The highest BCUT2D eigenvalue weighted by atomic mass is 79.9. The van der Waals surface area contributed by atoms with Gasteiger partial charge in [-0.2, -0.15) is 0 Å². The van der Waals surface area contributed by atoms with E-state index in [1.165, 1.54) is 0 Å². The number of anilines is 1. The summed E-state index contributed by atoms with van der Waals surface area (Å²) in [6.45, 7) is 0. The van der Waals surface area contributed by atoms with Gasteiger partial charge in [0.25, 0.3) is 5.91 Å². The van der Waals surface area contributed by atoms with Crippen LogP contribution >= 0.6 is 59.4 Å². The molecule has 2 aromatic rings. The number of benzene rings is 2. The first-order valence-corrected chi connectivity index (χ1v) is 7.95. The maximum atomic E-state index is 12.3. The lowest BCUT2D eigenvalue weighted by Gasteiger charge is -2.10. The average molecular weight is 468 g/mol. The Balaban J connectivity index is 2.34. The van der Waals surface area contributed by atoms with Gasteiger partial charge >= 0.3 is 0 Å². The summed E-state index contributed by atoms with van der Waals surface area (Å²) in [6.07, 6.45) is 0. The quantitative estimate of drug-likeness (QED) is 0.586. The molecule has 0 bridgehead atoms. The highest BCUT2D eigenvalue weighted by Gasteiger charge is 2.14. The van der Waals surface area contributed by atoms with Crippen LogP contribution in [-0.4, -0.2) is 5.91 Å². The molecule has 2 rings (SSSR count). The van der Waals surface area contributed by atoms with Crippen LogP contribution in [0.5, 0.6) is 0 Å². The molecule has 6 heteroatoms. The van der Waals surface area contributed by atoms with E-state index in [-0.39, 0.29) is 5.91 Å². The van der Waals surface area contributed by atoms with E-state index in [1.807, 2.05) is 18.2 Å². The molecule has 1 N–H and O–H groups in total. The van der Waals surface area contributed by atoms with Gasteiger partial charge in [0.05, 0.1) is 11.3 Å². The molecule has 0 atom stereocenters. The van der Waals surface area contributed by atoms with Crippen LogP contribution in [0.4, 0.5) is 5.69 Å². The predicted molar refractivity (Wildman–Crippen MR) is 88.9 cm³/mol. The molecule has 0 saturated heterocycles. The molecule has 0 aliphatic carbocycles. The van der Waals surface area contributed by atoms with Crippen molar-refractivity contribution in [3.05, 3.63) is 60.4 Å². The van der Waals surface area contributed by atoms with Crippen molar-refractivity contribution >= 4 is 71.0 Å². The van der Waals surface area contributed by atoms with Gasteiger partial charge in [-0.15, -0.1) is 0 Å². The molecule has 0 spiro atoms. The van der Waals surface area contributed by atoms with Crippen LogP contribution in [0.15, 0.2) is 49.8 Å². The first-order valence-electron chi connectivity index (χ1n) is 5.19. The highest BCUT2D eigenvalue weighted by Crippen LogP contribution is 2.31. The van der Waals surface area contributed by atoms with Crippen LogP contribution in [-0.2, 0) is 0 Å². The van der Waals surface area contributed by atoms with E-state index in [0.29, 0.717) is 20.7 Å². The Morgan fingerprint density at radius 3 is 2.26 bits per heavy atom. The monoisotopic (exact) mass is 465 g/mol. The smallest absolute Gasteiger partial charge is 0.256 e. The van der Waals surface area contributed by atoms with E-state index in [2.05, 4.69) is 53.1 Å². The largest absolute Gasteiger partial charge is 0.320 e. The molecule has 0 saturated carbocycles. The molecular formula is C13H7Br3ClNO. The second kappa shape index (κ2) is 6.39. The fourth-order valence-electron chi connectivity index (χ4n) is 1.47. The van der Waals surface area contributed by atoms with E-state index in [4.69, 9.17) is 11.6 Å². The Hall–Kier alpha value is -0.360. The van der Waals surface area contributed by atoms with Gasteiger partial charge in [-0.05, 0) is 78.1 Å². The molecule has 0 unspecified atom stereocenters. The minimum absolute atomic E-state index is 0.234. The predicted octanol–water partition coefficient (Wildman–Crippen LogP) is 5.88. The van der Waals surface area contributed by atoms with Crippen LogP contribution < -0.4 is 5.32 Å². The molecule has 0 radical (unpaired) electrons. The number of hydrogen-bond donors (Lipinski definition) is 1. The highest BCUT2D eigenvalue weighted by molar-refractivity contribution is 9.11. The molecule has 0 aliphatic heterocycles. The van der Waals surface area contributed by atoms with Crippen molar-refractivity contribution in [1.29, 1.82) is 0 Å². The lowest BCUT2D eigenvalue weighted by molar-refractivity contribution is 0.102. The molecule has 0 fully saturated rings. The Morgan fingerprint density at radius 2 is 1.63 bits per heavy atom. The zero-order valence-corrected chi connectivity index (χ0v) is 14.9. The van der Waals surface area contributed by atoms with Gasteiger partial charge in [0.15, 0.2) is 0 Å². The fourth-order valence-corrected chi connectivity index (χ4v) is 3.27. The number of halogens is 4. The van der Waals surface area contributed by atoms with Gasteiger partial charge in [-0.1, -0.05) is 17.7 Å². The van der Waals surface area contributed by atoms with Crippen LogP contribution in [0.3, 0.4) is 0 Å². The third-order valence-corrected chi connectivity index (χ3v) is 4.62. The Kier molecular flexibility index (Phi) is 5.06. The number of para-hydroxylation sites is 1. The van der Waals surface area contributed by atoms with Crippen LogP contribution in [0, 0.1) is 0 Å². The summed E-state index contributed by atoms with van der Waals surface area (Å²) >= 11 is 16.0. The normalized spacial score (nSPS) is 10.3. The minimum Gasteiger partial charge on any atom is -0.320 e. The molecule has 98 valence electrons. The molecule has 19 heavy (non-hydrogen) atoms. The summed E-state index contributed by atoms with van der Waals surface area (Å²) in [4.78, 5) is 12.3. The summed E-state index contributed by atoms with van der Waals surface area (Å²) in [6, 6.07) is 10.7.